The highest BCUT2D eigenvalue weighted by molar-refractivity contribution is 7.93. The zero-order chi connectivity index (χ0) is 28.9. The average molecular weight is 564 g/mol. The highest BCUT2D eigenvalue weighted by Gasteiger charge is 2.29. The number of likely N-dealkylation sites (tertiary alicyclic amines) is 1. The minimum atomic E-state index is -4.07. The van der Waals surface area contributed by atoms with Crippen LogP contribution in [0.2, 0.25) is 0 Å². The number of sulfonamides is 1. The fraction of sp³-hybridized carbons (Fsp3) is 0.438. The standard InChI is InChI=1S/C32H41N3O4S/c1-6-8-9-10-14-25(7-2)27-18-19-29(28-16-12-11-15-26(28)21-35-20-13-17-30(35)36)31(23(27)4)40(37,38)34-32-22(3)24(5)39-33-32/h7,11-12,15-16,18-19,25H,2,6,8-10,13-14,17,20-21H2,1,3-5H3,(H,33,34). The molecular formula is C32H41N3O4S. The lowest BCUT2D eigenvalue weighted by molar-refractivity contribution is -0.128. The van der Waals surface area contributed by atoms with Crippen LogP contribution in [0.3, 0.4) is 0 Å². The molecule has 1 aromatic heterocycles. The topological polar surface area (TPSA) is 92.5 Å². The molecule has 0 aliphatic carbocycles. The van der Waals surface area contributed by atoms with E-state index in [0.29, 0.717) is 42.0 Å². The third-order valence-electron chi connectivity index (χ3n) is 8.00. The summed E-state index contributed by atoms with van der Waals surface area (Å²) in [5.74, 6) is 0.907. The number of benzene rings is 2. The van der Waals surface area contributed by atoms with Gasteiger partial charge in [-0.25, -0.2) is 8.42 Å². The Labute approximate surface area is 238 Å². The monoisotopic (exact) mass is 563 g/mol. The number of amides is 1. The molecule has 4 rings (SSSR count). The van der Waals surface area contributed by atoms with Gasteiger partial charge >= 0.3 is 0 Å². The summed E-state index contributed by atoms with van der Waals surface area (Å²) in [5.41, 5.74) is 4.60. The van der Waals surface area contributed by atoms with Gasteiger partial charge in [0.1, 0.15) is 5.76 Å². The van der Waals surface area contributed by atoms with Crippen LogP contribution in [0.4, 0.5) is 5.82 Å². The zero-order valence-electron chi connectivity index (χ0n) is 24.1. The highest BCUT2D eigenvalue weighted by Crippen LogP contribution is 2.39. The Hall–Kier alpha value is -3.39. The quantitative estimate of drug-likeness (QED) is 0.172. The molecule has 1 N–H and O–H groups in total. The van der Waals surface area contributed by atoms with E-state index in [1.165, 1.54) is 6.42 Å². The summed E-state index contributed by atoms with van der Waals surface area (Å²) in [4.78, 5) is 14.5. The summed E-state index contributed by atoms with van der Waals surface area (Å²) in [6.45, 7) is 12.8. The molecule has 8 heteroatoms. The number of hydrogen-bond donors (Lipinski definition) is 1. The second-order valence-corrected chi connectivity index (χ2v) is 12.4. The molecule has 7 nitrogen and oxygen atoms in total. The molecule has 0 saturated carbocycles. The van der Waals surface area contributed by atoms with Crippen molar-refractivity contribution in [1.29, 1.82) is 0 Å². The molecule has 2 aromatic carbocycles. The van der Waals surface area contributed by atoms with Gasteiger partial charge in [-0.2, -0.15) is 0 Å². The molecule has 40 heavy (non-hydrogen) atoms. The maximum absolute atomic E-state index is 14.2. The highest BCUT2D eigenvalue weighted by atomic mass is 32.2. The number of hydrogen-bond acceptors (Lipinski definition) is 5. The van der Waals surface area contributed by atoms with Gasteiger partial charge in [-0.15, -0.1) is 6.58 Å². The fourth-order valence-electron chi connectivity index (χ4n) is 5.55. The summed E-state index contributed by atoms with van der Waals surface area (Å²) < 4.78 is 36.3. The van der Waals surface area contributed by atoms with Crippen LogP contribution >= 0.6 is 0 Å². The van der Waals surface area contributed by atoms with E-state index < -0.39 is 10.0 Å². The molecule has 1 saturated heterocycles. The predicted molar refractivity (Wildman–Crippen MR) is 160 cm³/mol. The largest absolute Gasteiger partial charge is 0.359 e. The summed E-state index contributed by atoms with van der Waals surface area (Å²) in [7, 11) is -4.07. The number of carbonyl (C=O) groups excluding carboxylic acids is 1. The average Bonchev–Trinajstić information content (AvgIpc) is 3.48. The van der Waals surface area contributed by atoms with Crippen LogP contribution in [-0.4, -0.2) is 30.9 Å². The van der Waals surface area contributed by atoms with E-state index in [-0.39, 0.29) is 22.5 Å². The van der Waals surface area contributed by atoms with Gasteiger partial charge in [0, 0.05) is 36.6 Å². The first kappa shape index (κ1) is 29.6. The molecule has 214 valence electrons. The summed E-state index contributed by atoms with van der Waals surface area (Å²) in [5, 5.41) is 3.96. The van der Waals surface area contributed by atoms with E-state index in [0.717, 1.165) is 48.8 Å². The normalized spacial score (nSPS) is 14.5. The number of rotatable bonds is 13. The van der Waals surface area contributed by atoms with E-state index in [1.807, 2.05) is 54.3 Å². The van der Waals surface area contributed by atoms with Crippen molar-refractivity contribution in [3.05, 3.63) is 77.1 Å². The van der Waals surface area contributed by atoms with Crippen molar-refractivity contribution in [3.63, 3.8) is 0 Å². The number of carbonyl (C=O) groups is 1. The van der Waals surface area contributed by atoms with E-state index in [2.05, 4.69) is 23.4 Å². The van der Waals surface area contributed by atoms with E-state index in [9.17, 15) is 13.2 Å². The Kier molecular flexibility index (Phi) is 9.51. The predicted octanol–water partition coefficient (Wildman–Crippen LogP) is 7.43. The minimum absolute atomic E-state index is 0.0355. The molecular weight excluding hydrogens is 522 g/mol. The first-order chi connectivity index (χ1) is 19.2. The Morgan fingerprint density at radius 3 is 2.50 bits per heavy atom. The summed E-state index contributed by atoms with van der Waals surface area (Å²) >= 11 is 0. The molecule has 0 spiro atoms. The van der Waals surface area contributed by atoms with Gasteiger partial charge < -0.3 is 9.42 Å². The Balaban J connectivity index is 1.84. The maximum atomic E-state index is 14.2. The molecule has 1 fully saturated rings. The van der Waals surface area contributed by atoms with Gasteiger partial charge in [0.05, 0.1) is 4.90 Å². The van der Waals surface area contributed by atoms with E-state index >= 15 is 0 Å². The van der Waals surface area contributed by atoms with Gasteiger partial charge in [-0.05, 0) is 55.9 Å². The first-order valence-corrected chi connectivity index (χ1v) is 15.7. The molecule has 0 radical (unpaired) electrons. The molecule has 1 amide bonds. The molecule has 1 atom stereocenters. The number of nitrogens with zero attached hydrogens (tertiary/aromatic N) is 2. The molecule has 2 heterocycles. The van der Waals surface area contributed by atoms with Crippen molar-refractivity contribution < 1.29 is 17.7 Å². The number of nitrogens with one attached hydrogen (secondary N) is 1. The summed E-state index contributed by atoms with van der Waals surface area (Å²) in [6.07, 6.45) is 8.76. The lowest BCUT2D eigenvalue weighted by Gasteiger charge is -2.23. The smallest absolute Gasteiger partial charge is 0.264 e. The second-order valence-electron chi connectivity index (χ2n) is 10.7. The third kappa shape index (κ3) is 6.33. The van der Waals surface area contributed by atoms with Crippen molar-refractivity contribution >= 4 is 21.7 Å². The van der Waals surface area contributed by atoms with Crippen molar-refractivity contribution in [2.24, 2.45) is 0 Å². The van der Waals surface area contributed by atoms with Gasteiger partial charge in [-0.3, -0.25) is 9.52 Å². The van der Waals surface area contributed by atoms with Crippen LogP contribution in [0, 0.1) is 20.8 Å². The fourth-order valence-corrected chi connectivity index (χ4v) is 7.08. The number of anilines is 1. The lowest BCUT2D eigenvalue weighted by atomic mass is 9.87. The number of aromatic nitrogens is 1. The van der Waals surface area contributed by atoms with E-state index in [4.69, 9.17) is 4.52 Å². The maximum Gasteiger partial charge on any atom is 0.264 e. The van der Waals surface area contributed by atoms with Gasteiger partial charge in [0.25, 0.3) is 10.0 Å². The van der Waals surface area contributed by atoms with Crippen molar-refractivity contribution in [1.82, 2.24) is 10.1 Å². The van der Waals surface area contributed by atoms with Crippen molar-refractivity contribution in [2.75, 3.05) is 11.3 Å². The Morgan fingerprint density at radius 1 is 1.07 bits per heavy atom. The van der Waals surface area contributed by atoms with Crippen LogP contribution in [0.15, 0.2) is 58.5 Å². The van der Waals surface area contributed by atoms with Gasteiger partial charge in [0.2, 0.25) is 5.91 Å². The number of unbranched alkanes of at least 4 members (excludes halogenated alkanes) is 3. The third-order valence-corrected chi connectivity index (χ3v) is 9.52. The Morgan fingerprint density at radius 2 is 1.85 bits per heavy atom. The minimum Gasteiger partial charge on any atom is -0.359 e. The van der Waals surface area contributed by atoms with Gasteiger partial charge in [-0.1, -0.05) is 80.2 Å². The van der Waals surface area contributed by atoms with Crippen molar-refractivity contribution in [3.8, 4) is 11.1 Å². The molecule has 0 bridgehead atoms. The lowest BCUT2D eigenvalue weighted by Crippen LogP contribution is -2.24. The van der Waals surface area contributed by atoms with Crippen LogP contribution in [0.5, 0.6) is 0 Å². The first-order valence-electron chi connectivity index (χ1n) is 14.3. The molecule has 1 unspecified atom stereocenters. The second kappa shape index (κ2) is 12.9. The number of allylic oxidation sites excluding steroid dienone is 1. The Bertz CT molecular complexity index is 1480. The van der Waals surface area contributed by atoms with Crippen LogP contribution in [0.25, 0.3) is 11.1 Å². The molecule has 1 aliphatic heterocycles. The van der Waals surface area contributed by atoms with Crippen LogP contribution < -0.4 is 4.72 Å². The molecule has 3 aromatic rings. The summed E-state index contributed by atoms with van der Waals surface area (Å²) in [6, 6.07) is 11.7. The van der Waals surface area contributed by atoms with Crippen LogP contribution in [0.1, 0.15) is 85.8 Å². The van der Waals surface area contributed by atoms with E-state index in [1.54, 1.807) is 13.8 Å². The van der Waals surface area contributed by atoms with Crippen molar-refractivity contribution in [2.45, 2.75) is 90.0 Å². The van der Waals surface area contributed by atoms with Gasteiger partial charge in [0.15, 0.2) is 5.82 Å². The number of aryl methyl sites for hydroxylation is 1. The molecule has 1 aliphatic rings. The van der Waals surface area contributed by atoms with Crippen LogP contribution in [-0.2, 0) is 21.4 Å². The zero-order valence-corrected chi connectivity index (χ0v) is 24.9. The SMILES string of the molecule is C=CC(CCCCCC)c1ccc(-c2ccccc2CN2CCCC2=O)c(S(=O)(=O)Nc2noc(C)c2C)c1C.